The molecule has 2 aliphatic heterocycles. The highest BCUT2D eigenvalue weighted by Crippen LogP contribution is 2.40. The highest BCUT2D eigenvalue weighted by atomic mass is 32.2. The van der Waals surface area contributed by atoms with Crippen LogP contribution >= 0.6 is 11.7 Å². The van der Waals surface area contributed by atoms with Crippen molar-refractivity contribution in [3.05, 3.63) is 54.1 Å². The summed E-state index contributed by atoms with van der Waals surface area (Å²) in [6, 6.07) is 14.0. The molecular formula is C20H19N3O3S2. The van der Waals surface area contributed by atoms with E-state index in [4.69, 9.17) is 0 Å². The number of aromatic nitrogens is 2. The van der Waals surface area contributed by atoms with Gasteiger partial charge in [-0.25, -0.2) is 8.42 Å². The molecule has 0 radical (unpaired) electrons. The average Bonchev–Trinajstić information content (AvgIpc) is 3.29. The number of carbonyl (C=O) groups is 1. The number of benzene rings is 2. The van der Waals surface area contributed by atoms with E-state index in [1.807, 2.05) is 17.0 Å². The van der Waals surface area contributed by atoms with Gasteiger partial charge in [0.25, 0.3) is 5.91 Å². The van der Waals surface area contributed by atoms with Gasteiger partial charge in [0, 0.05) is 17.6 Å². The summed E-state index contributed by atoms with van der Waals surface area (Å²) in [6.07, 6.45) is 2.72. The number of fused-ring (bicyclic) bond motifs is 3. The Bertz CT molecular complexity index is 1130. The first-order chi connectivity index (χ1) is 13.5. The van der Waals surface area contributed by atoms with Gasteiger partial charge in [0.15, 0.2) is 9.84 Å². The third-order valence-corrected chi connectivity index (χ3v) is 8.68. The van der Waals surface area contributed by atoms with Crippen molar-refractivity contribution in [2.75, 3.05) is 0 Å². The third kappa shape index (κ3) is 2.82. The molecule has 2 fully saturated rings. The van der Waals surface area contributed by atoms with Crippen molar-refractivity contribution >= 4 is 38.5 Å². The molecular weight excluding hydrogens is 394 g/mol. The molecule has 5 rings (SSSR count). The molecule has 1 unspecified atom stereocenters. The Morgan fingerprint density at radius 2 is 1.64 bits per heavy atom. The lowest BCUT2D eigenvalue weighted by molar-refractivity contribution is 0.0598. The SMILES string of the molecule is O=C(c1ccc2nsnc2c1)N1[C@@H]2CC[C@H]1CC(S(=O)(=O)c1ccccc1)C2. The number of hydrogen-bond acceptors (Lipinski definition) is 6. The lowest BCUT2D eigenvalue weighted by Gasteiger charge is -2.38. The largest absolute Gasteiger partial charge is 0.333 e. The summed E-state index contributed by atoms with van der Waals surface area (Å²) in [5, 5.41) is -0.429. The van der Waals surface area contributed by atoms with Crippen LogP contribution < -0.4 is 0 Å². The maximum Gasteiger partial charge on any atom is 0.254 e. The zero-order chi connectivity index (χ0) is 19.3. The van der Waals surface area contributed by atoms with Crippen LogP contribution in [0, 0.1) is 0 Å². The van der Waals surface area contributed by atoms with Gasteiger partial charge in [-0.05, 0) is 56.0 Å². The van der Waals surface area contributed by atoms with Gasteiger partial charge in [0.1, 0.15) is 11.0 Å². The Morgan fingerprint density at radius 3 is 2.36 bits per heavy atom. The summed E-state index contributed by atoms with van der Waals surface area (Å²) in [6.45, 7) is 0. The number of sulfone groups is 1. The Kier molecular flexibility index (Phi) is 4.21. The van der Waals surface area contributed by atoms with E-state index < -0.39 is 15.1 Å². The smallest absolute Gasteiger partial charge is 0.254 e. The van der Waals surface area contributed by atoms with Crippen LogP contribution in [-0.2, 0) is 9.84 Å². The van der Waals surface area contributed by atoms with Crippen molar-refractivity contribution < 1.29 is 13.2 Å². The predicted octanol–water partition coefficient (Wildman–Crippen LogP) is 3.30. The van der Waals surface area contributed by atoms with Crippen molar-refractivity contribution in [3.63, 3.8) is 0 Å². The van der Waals surface area contributed by atoms with Crippen LogP contribution in [0.5, 0.6) is 0 Å². The minimum Gasteiger partial charge on any atom is -0.333 e. The monoisotopic (exact) mass is 413 g/mol. The molecule has 0 saturated carbocycles. The lowest BCUT2D eigenvalue weighted by Crippen LogP contribution is -2.49. The summed E-state index contributed by atoms with van der Waals surface area (Å²) in [7, 11) is -3.38. The Labute approximate surface area is 167 Å². The van der Waals surface area contributed by atoms with E-state index >= 15 is 0 Å². The van der Waals surface area contributed by atoms with Gasteiger partial charge in [0.05, 0.1) is 21.9 Å². The Balaban J connectivity index is 1.40. The van der Waals surface area contributed by atoms with Crippen LogP contribution in [0.2, 0.25) is 0 Å². The fraction of sp³-hybridized carbons (Fsp3) is 0.350. The molecule has 1 aromatic heterocycles. The molecule has 3 heterocycles. The van der Waals surface area contributed by atoms with Crippen molar-refractivity contribution in [1.82, 2.24) is 13.6 Å². The lowest BCUT2D eigenvalue weighted by atomic mass is 10.0. The number of amides is 1. The van der Waals surface area contributed by atoms with Crippen molar-refractivity contribution in [2.45, 2.75) is 47.9 Å². The Hall–Kier alpha value is -2.32. The first-order valence-electron chi connectivity index (χ1n) is 9.38. The molecule has 3 aromatic rings. The molecule has 6 nitrogen and oxygen atoms in total. The third-order valence-electron chi connectivity index (χ3n) is 5.94. The molecule has 2 bridgehead atoms. The minimum atomic E-state index is -3.38. The van der Waals surface area contributed by atoms with Crippen molar-refractivity contribution in [3.8, 4) is 0 Å². The van der Waals surface area contributed by atoms with Crippen LogP contribution in [0.3, 0.4) is 0 Å². The first kappa shape index (κ1) is 17.8. The molecule has 2 aliphatic rings. The zero-order valence-corrected chi connectivity index (χ0v) is 16.7. The highest BCUT2D eigenvalue weighted by Gasteiger charge is 2.47. The van der Waals surface area contributed by atoms with Gasteiger partial charge in [0.2, 0.25) is 0 Å². The standard InChI is InChI=1S/C20H19N3O3S2/c24-20(13-6-9-18-19(10-13)22-27-21-18)23-14-7-8-15(23)12-17(11-14)28(25,26)16-4-2-1-3-5-16/h1-6,9-10,14-15,17H,7-8,11-12H2/t14-,15+,17?. The summed E-state index contributed by atoms with van der Waals surface area (Å²) >= 11 is 1.13. The molecule has 0 spiro atoms. The van der Waals surface area contributed by atoms with Gasteiger partial charge in [-0.15, -0.1) is 0 Å². The average molecular weight is 414 g/mol. The van der Waals surface area contributed by atoms with Gasteiger partial charge in [-0.2, -0.15) is 8.75 Å². The summed E-state index contributed by atoms with van der Waals surface area (Å²) in [5.74, 6) is -0.0297. The molecule has 1 amide bonds. The number of piperidine rings is 1. The second kappa shape index (κ2) is 6.63. The number of nitrogens with zero attached hydrogens (tertiary/aromatic N) is 3. The van der Waals surface area contributed by atoms with Crippen LogP contribution in [-0.4, -0.2) is 45.3 Å². The summed E-state index contributed by atoms with van der Waals surface area (Å²) in [5.41, 5.74) is 2.11. The number of carbonyl (C=O) groups excluding carboxylic acids is 1. The van der Waals surface area contributed by atoms with Gasteiger partial charge < -0.3 is 4.90 Å². The maximum atomic E-state index is 13.2. The molecule has 3 atom stereocenters. The fourth-order valence-electron chi connectivity index (χ4n) is 4.58. The normalized spacial score (nSPS) is 24.6. The van der Waals surface area contributed by atoms with E-state index in [0.29, 0.717) is 23.3 Å². The van der Waals surface area contributed by atoms with E-state index in [0.717, 1.165) is 35.6 Å². The molecule has 28 heavy (non-hydrogen) atoms. The predicted molar refractivity (Wildman–Crippen MR) is 107 cm³/mol. The second-order valence-corrected chi connectivity index (χ2v) is 10.3. The second-order valence-electron chi connectivity index (χ2n) is 7.52. The van der Waals surface area contributed by atoms with Gasteiger partial charge in [-0.3, -0.25) is 4.79 Å². The van der Waals surface area contributed by atoms with Gasteiger partial charge >= 0.3 is 0 Å². The Morgan fingerprint density at radius 1 is 0.964 bits per heavy atom. The van der Waals surface area contributed by atoms with Crippen LogP contribution in [0.1, 0.15) is 36.0 Å². The van der Waals surface area contributed by atoms with E-state index in [1.165, 1.54) is 0 Å². The fourth-order valence-corrected chi connectivity index (χ4v) is 6.97. The molecule has 2 aromatic carbocycles. The molecule has 2 saturated heterocycles. The van der Waals surface area contributed by atoms with Crippen molar-refractivity contribution in [2.24, 2.45) is 0 Å². The number of rotatable bonds is 3. The van der Waals surface area contributed by atoms with E-state index in [2.05, 4.69) is 8.75 Å². The molecule has 8 heteroatoms. The zero-order valence-electron chi connectivity index (χ0n) is 15.1. The summed E-state index contributed by atoms with van der Waals surface area (Å²) < 4.78 is 34.5. The van der Waals surface area contributed by atoms with Crippen LogP contribution in [0.4, 0.5) is 0 Å². The molecule has 144 valence electrons. The van der Waals surface area contributed by atoms with Crippen molar-refractivity contribution in [1.29, 1.82) is 0 Å². The molecule has 0 aliphatic carbocycles. The van der Waals surface area contributed by atoms with E-state index in [9.17, 15) is 13.2 Å². The maximum absolute atomic E-state index is 13.2. The van der Waals surface area contributed by atoms with Gasteiger partial charge in [-0.1, -0.05) is 18.2 Å². The highest BCUT2D eigenvalue weighted by molar-refractivity contribution is 7.92. The molecule has 0 N–H and O–H groups in total. The minimum absolute atomic E-state index is 0.0287. The number of hydrogen-bond donors (Lipinski definition) is 0. The summed E-state index contributed by atoms with van der Waals surface area (Å²) in [4.78, 5) is 15.5. The quantitative estimate of drug-likeness (QED) is 0.658. The van der Waals surface area contributed by atoms with E-state index in [1.54, 1.807) is 36.4 Å². The first-order valence-corrected chi connectivity index (χ1v) is 11.7. The topological polar surface area (TPSA) is 80.2 Å². The van der Waals surface area contributed by atoms with Crippen LogP contribution in [0.25, 0.3) is 11.0 Å². The van der Waals surface area contributed by atoms with E-state index in [-0.39, 0.29) is 18.0 Å². The van der Waals surface area contributed by atoms with Crippen LogP contribution in [0.15, 0.2) is 53.4 Å².